The fourth-order valence-electron chi connectivity index (χ4n) is 6.40. The van der Waals surface area contributed by atoms with Crippen LogP contribution in [0, 0.1) is 24.4 Å². The topological polar surface area (TPSA) is 92.6 Å². The van der Waals surface area contributed by atoms with Gasteiger partial charge in [-0.1, -0.05) is 36.4 Å². The molecule has 7 nitrogen and oxygen atoms in total. The molecule has 0 saturated heterocycles. The predicted molar refractivity (Wildman–Crippen MR) is 175 cm³/mol. The number of ether oxygens (including phenoxy) is 2. The van der Waals surface area contributed by atoms with Gasteiger partial charge in [-0.3, -0.25) is 14.2 Å². The molecule has 1 aliphatic heterocycles. The summed E-state index contributed by atoms with van der Waals surface area (Å²) in [6, 6.07) is 10.1. The van der Waals surface area contributed by atoms with Crippen LogP contribution in [0.15, 0.2) is 70.5 Å². The first-order valence-electron chi connectivity index (χ1n) is 15.8. The Hall–Kier alpha value is -4.27. The van der Waals surface area contributed by atoms with E-state index in [1.54, 1.807) is 13.0 Å². The Bertz CT molecular complexity index is 1950. The number of carbonyl (C=O) groups excluding carboxylic acids is 1. The number of hydrogen-bond donors (Lipinski definition) is 1. The van der Waals surface area contributed by atoms with E-state index in [-0.39, 0.29) is 70.3 Å². The number of pyridine rings is 1. The summed E-state index contributed by atoms with van der Waals surface area (Å²) in [5.74, 6) is -3.70. The molecule has 1 aromatic heterocycles. The van der Waals surface area contributed by atoms with Crippen LogP contribution in [-0.4, -0.2) is 41.1 Å². The van der Waals surface area contributed by atoms with E-state index in [1.165, 1.54) is 50.4 Å². The highest BCUT2D eigenvalue weighted by Gasteiger charge is 2.45. The maximum absolute atomic E-state index is 15.8. The Morgan fingerprint density at radius 3 is 2.42 bits per heavy atom. The van der Waals surface area contributed by atoms with E-state index in [1.807, 2.05) is 0 Å². The normalized spacial score (nSPS) is 16.3. The Balaban J connectivity index is 1.75. The van der Waals surface area contributed by atoms with Crippen LogP contribution in [0.3, 0.4) is 0 Å². The lowest BCUT2D eigenvalue weighted by Gasteiger charge is -2.26. The van der Waals surface area contributed by atoms with Gasteiger partial charge >= 0.3 is 12.1 Å². The minimum Gasteiger partial charge on any atom is -0.610 e. The van der Waals surface area contributed by atoms with Gasteiger partial charge in [0, 0.05) is 46.3 Å². The van der Waals surface area contributed by atoms with Crippen LogP contribution < -0.4 is 15.6 Å². The third kappa shape index (κ3) is 7.28. The van der Waals surface area contributed by atoms with Crippen LogP contribution in [0.2, 0.25) is 0 Å². The Morgan fingerprint density at radius 1 is 1.04 bits per heavy atom. The summed E-state index contributed by atoms with van der Waals surface area (Å²) < 4.78 is 114. The highest BCUT2D eigenvalue weighted by Crippen LogP contribution is 2.43. The average molecular weight is 721 g/mol. The number of halogens is 6. The molecule has 1 N–H and O–H groups in total. The molecule has 0 aliphatic carbocycles. The molecule has 1 aliphatic rings. The first-order chi connectivity index (χ1) is 23.8. The van der Waals surface area contributed by atoms with Gasteiger partial charge in [-0.2, -0.15) is 13.2 Å². The molecule has 5 rings (SSSR count). The zero-order valence-corrected chi connectivity index (χ0v) is 28.2. The summed E-state index contributed by atoms with van der Waals surface area (Å²) >= 11 is -2.06. The van der Waals surface area contributed by atoms with Crippen molar-refractivity contribution in [3.8, 4) is 16.9 Å². The summed E-state index contributed by atoms with van der Waals surface area (Å²) in [6.45, 7) is 3.36. The number of nitrogens with zero attached hydrogens (tertiary/aromatic N) is 1. The summed E-state index contributed by atoms with van der Waals surface area (Å²) in [6.07, 6.45) is -5.40. The zero-order chi connectivity index (χ0) is 36.3. The molecular weight excluding hydrogens is 686 g/mol. The second-order valence-corrected chi connectivity index (χ2v) is 13.1. The third-order valence-corrected chi connectivity index (χ3v) is 10.2. The number of carbonyl (C=O) groups is 1. The molecule has 0 radical (unpaired) electrons. The van der Waals surface area contributed by atoms with E-state index in [0.717, 1.165) is 22.8 Å². The van der Waals surface area contributed by atoms with Gasteiger partial charge in [0.1, 0.15) is 23.4 Å². The van der Waals surface area contributed by atoms with E-state index in [0.29, 0.717) is 0 Å². The SMILES string of the molecule is CCOC(=O)CCCNC(c1ccccc1F)C1C[S+]([O-])c2c(Cc3c(F)cccc3C(F)(F)F)c(C)c(-c3cccc(OC)c3F)c(=O)n21. The minimum absolute atomic E-state index is 0.00335. The van der Waals surface area contributed by atoms with Gasteiger partial charge in [-0.25, -0.2) is 13.2 Å². The van der Waals surface area contributed by atoms with Crippen LogP contribution >= 0.6 is 0 Å². The van der Waals surface area contributed by atoms with E-state index < -0.39 is 76.0 Å². The Labute approximate surface area is 287 Å². The number of nitrogens with one attached hydrogen (secondary N) is 1. The number of benzene rings is 3. The molecular formula is C36H34F6N2O5S. The number of alkyl halides is 3. The standard InChI is InChI=1S/C36H34F6N2O5S/c1-4-49-30(45)16-9-17-43-33(21-10-5-6-13-26(21)37)28-19-50(47)35-23(18-24-25(36(40,41)42)12-8-14-27(24)38)20(2)31(34(46)44(28)35)22-11-7-15-29(48-3)32(22)39/h5-8,10-15,28,33,43H,4,9,16-19H2,1-3H3. The van der Waals surface area contributed by atoms with Gasteiger partial charge in [0.2, 0.25) is 5.03 Å². The third-order valence-electron chi connectivity index (χ3n) is 8.69. The molecule has 0 saturated carbocycles. The number of hydrogen-bond acceptors (Lipinski definition) is 6. The number of esters is 1. The fourth-order valence-corrected chi connectivity index (χ4v) is 8.15. The Kier molecular flexibility index (Phi) is 11.3. The van der Waals surface area contributed by atoms with Crippen molar-refractivity contribution in [1.29, 1.82) is 0 Å². The summed E-state index contributed by atoms with van der Waals surface area (Å²) in [5, 5.41) is 3.00. The van der Waals surface area contributed by atoms with Crippen molar-refractivity contribution in [2.24, 2.45) is 0 Å². The molecule has 0 fully saturated rings. The Morgan fingerprint density at radius 2 is 1.74 bits per heavy atom. The maximum atomic E-state index is 15.8. The van der Waals surface area contributed by atoms with Gasteiger partial charge < -0.3 is 19.3 Å². The predicted octanol–water partition coefficient (Wildman–Crippen LogP) is 7.20. The molecule has 2 heterocycles. The number of fused-ring (bicyclic) bond motifs is 1. The maximum Gasteiger partial charge on any atom is 0.416 e. The molecule has 14 heteroatoms. The van der Waals surface area contributed by atoms with Crippen molar-refractivity contribution in [2.45, 2.75) is 56.4 Å². The molecule has 266 valence electrons. The molecule has 0 amide bonds. The van der Waals surface area contributed by atoms with Gasteiger partial charge in [0.25, 0.3) is 5.56 Å². The lowest BCUT2D eigenvalue weighted by Crippen LogP contribution is -2.37. The monoisotopic (exact) mass is 720 g/mol. The molecule has 3 atom stereocenters. The summed E-state index contributed by atoms with van der Waals surface area (Å²) in [7, 11) is 1.22. The van der Waals surface area contributed by atoms with Crippen LogP contribution in [0.4, 0.5) is 26.3 Å². The van der Waals surface area contributed by atoms with Crippen molar-refractivity contribution in [2.75, 3.05) is 26.0 Å². The molecule has 0 bridgehead atoms. The second-order valence-electron chi connectivity index (χ2n) is 11.7. The zero-order valence-electron chi connectivity index (χ0n) is 27.3. The molecule has 0 spiro atoms. The molecule has 50 heavy (non-hydrogen) atoms. The summed E-state index contributed by atoms with van der Waals surface area (Å²) in [4.78, 5) is 26.5. The van der Waals surface area contributed by atoms with E-state index in [4.69, 9.17) is 9.47 Å². The van der Waals surface area contributed by atoms with Crippen LogP contribution in [0.25, 0.3) is 11.1 Å². The lowest BCUT2D eigenvalue weighted by molar-refractivity contribution is -0.143. The highest BCUT2D eigenvalue weighted by atomic mass is 32.2. The van der Waals surface area contributed by atoms with Gasteiger partial charge in [0.15, 0.2) is 11.6 Å². The van der Waals surface area contributed by atoms with Gasteiger partial charge in [-0.15, -0.1) is 0 Å². The molecule has 4 aromatic rings. The molecule has 3 aromatic carbocycles. The van der Waals surface area contributed by atoms with Crippen molar-refractivity contribution >= 4 is 17.1 Å². The van der Waals surface area contributed by atoms with Crippen molar-refractivity contribution < 1.29 is 45.2 Å². The highest BCUT2D eigenvalue weighted by molar-refractivity contribution is 7.91. The first kappa shape index (κ1) is 37.0. The first-order valence-corrected chi connectivity index (χ1v) is 17.1. The van der Waals surface area contributed by atoms with Crippen molar-refractivity contribution in [3.63, 3.8) is 0 Å². The van der Waals surface area contributed by atoms with Crippen LogP contribution in [0.1, 0.15) is 59.7 Å². The number of aromatic nitrogens is 1. The smallest absolute Gasteiger partial charge is 0.416 e. The van der Waals surface area contributed by atoms with E-state index in [2.05, 4.69) is 5.32 Å². The number of methoxy groups -OCH3 is 1. The largest absolute Gasteiger partial charge is 0.610 e. The van der Waals surface area contributed by atoms with Gasteiger partial charge in [0.05, 0.1) is 30.9 Å². The van der Waals surface area contributed by atoms with Crippen molar-refractivity contribution in [1.82, 2.24) is 9.88 Å². The quantitative estimate of drug-likeness (QED) is 0.0721. The lowest BCUT2D eigenvalue weighted by atomic mass is 9.91. The average Bonchev–Trinajstić information content (AvgIpc) is 3.41. The fraction of sp³-hybridized carbons (Fsp3) is 0.333. The summed E-state index contributed by atoms with van der Waals surface area (Å²) in [5.41, 5.74) is -3.30. The number of rotatable bonds is 12. The molecule has 3 unspecified atom stereocenters. The second kappa shape index (κ2) is 15.3. The van der Waals surface area contributed by atoms with Crippen molar-refractivity contribution in [3.05, 3.63) is 116 Å². The van der Waals surface area contributed by atoms with Gasteiger partial charge in [-0.05, 0) is 56.6 Å². The van der Waals surface area contributed by atoms with E-state index >= 15 is 13.2 Å². The van der Waals surface area contributed by atoms with Crippen LogP contribution in [-0.2, 0) is 33.3 Å². The minimum atomic E-state index is -4.95. The van der Waals surface area contributed by atoms with Crippen LogP contribution in [0.5, 0.6) is 5.75 Å². The van der Waals surface area contributed by atoms with E-state index in [9.17, 15) is 27.3 Å².